The van der Waals surface area contributed by atoms with Gasteiger partial charge in [-0.25, -0.2) is 4.68 Å². The van der Waals surface area contributed by atoms with Crippen LogP contribution in [0, 0.1) is 5.92 Å². The first-order valence-corrected chi connectivity index (χ1v) is 6.45. The second-order valence-electron chi connectivity index (χ2n) is 4.67. The van der Waals surface area contributed by atoms with E-state index < -0.39 is 0 Å². The summed E-state index contributed by atoms with van der Waals surface area (Å²) in [6.45, 7) is 2.36. The Morgan fingerprint density at radius 3 is 2.95 bits per heavy atom. The number of hydrogen-bond donors (Lipinski definition) is 2. The van der Waals surface area contributed by atoms with Gasteiger partial charge in [-0.1, -0.05) is 19.1 Å². The first-order chi connectivity index (χ1) is 9.61. The third-order valence-corrected chi connectivity index (χ3v) is 3.06. The monoisotopic (exact) mass is 274 g/mol. The number of nitrogens with zero attached hydrogens (tertiary/aromatic N) is 4. The maximum absolute atomic E-state index is 12.0. The van der Waals surface area contributed by atoms with Gasteiger partial charge in [-0.3, -0.25) is 4.79 Å². The number of benzene rings is 1. The van der Waals surface area contributed by atoms with Crippen molar-refractivity contribution < 1.29 is 4.79 Å². The van der Waals surface area contributed by atoms with Gasteiger partial charge in [0.05, 0.1) is 0 Å². The van der Waals surface area contributed by atoms with Crippen molar-refractivity contribution in [2.45, 2.75) is 13.3 Å². The molecule has 1 heterocycles. The lowest BCUT2D eigenvalue weighted by molar-refractivity contribution is -0.119. The lowest BCUT2D eigenvalue weighted by Gasteiger charge is -2.11. The number of nitrogens with two attached hydrogens (primary N) is 1. The van der Waals surface area contributed by atoms with Gasteiger partial charge in [0, 0.05) is 24.2 Å². The van der Waals surface area contributed by atoms with Gasteiger partial charge >= 0.3 is 0 Å². The molecule has 0 radical (unpaired) electrons. The number of carbonyl (C=O) groups is 1. The van der Waals surface area contributed by atoms with Gasteiger partial charge < -0.3 is 11.1 Å². The Morgan fingerprint density at radius 1 is 1.50 bits per heavy atom. The summed E-state index contributed by atoms with van der Waals surface area (Å²) in [6.07, 6.45) is 0.665. The molecule has 7 nitrogen and oxygen atoms in total. The highest BCUT2D eigenvalue weighted by molar-refractivity contribution is 5.92. The number of rotatable bonds is 5. The molecule has 0 aliphatic carbocycles. The van der Waals surface area contributed by atoms with Crippen molar-refractivity contribution in [2.75, 3.05) is 11.9 Å². The average Bonchev–Trinajstić information content (AvgIpc) is 2.85. The standard InChI is InChI=1S/C13H18N6O/c1-9(6-7-14)13(20)15-11-5-3-4-10(8-11)12-16-17-18-19(12)2/h3-5,8-9H,6-7,14H2,1-2H3,(H,15,20). The lowest BCUT2D eigenvalue weighted by atomic mass is 10.1. The summed E-state index contributed by atoms with van der Waals surface area (Å²) in [5.74, 6) is 0.500. The molecule has 7 heteroatoms. The number of aryl methyl sites for hydroxylation is 1. The maximum atomic E-state index is 12.0. The number of amides is 1. The van der Waals surface area contributed by atoms with Gasteiger partial charge in [0.15, 0.2) is 5.82 Å². The van der Waals surface area contributed by atoms with E-state index in [1.807, 2.05) is 31.2 Å². The summed E-state index contributed by atoms with van der Waals surface area (Å²) >= 11 is 0. The summed E-state index contributed by atoms with van der Waals surface area (Å²) in [5, 5.41) is 14.2. The summed E-state index contributed by atoms with van der Waals surface area (Å²) in [6, 6.07) is 7.43. The largest absolute Gasteiger partial charge is 0.330 e. The summed E-state index contributed by atoms with van der Waals surface area (Å²) in [7, 11) is 1.77. The van der Waals surface area contributed by atoms with E-state index in [4.69, 9.17) is 5.73 Å². The van der Waals surface area contributed by atoms with E-state index in [2.05, 4.69) is 20.8 Å². The highest BCUT2D eigenvalue weighted by atomic mass is 16.1. The zero-order valence-electron chi connectivity index (χ0n) is 11.6. The number of tetrazole rings is 1. The van der Waals surface area contributed by atoms with E-state index in [-0.39, 0.29) is 11.8 Å². The van der Waals surface area contributed by atoms with Crippen LogP contribution in [0.1, 0.15) is 13.3 Å². The van der Waals surface area contributed by atoms with Crippen LogP contribution in [0.25, 0.3) is 11.4 Å². The van der Waals surface area contributed by atoms with Crippen molar-refractivity contribution in [3.63, 3.8) is 0 Å². The van der Waals surface area contributed by atoms with Gasteiger partial charge in [-0.05, 0) is 35.5 Å². The van der Waals surface area contributed by atoms with Crippen LogP contribution in [0.5, 0.6) is 0 Å². The van der Waals surface area contributed by atoms with Crippen LogP contribution in [-0.2, 0) is 11.8 Å². The molecule has 0 spiro atoms. The van der Waals surface area contributed by atoms with Gasteiger partial charge in [-0.15, -0.1) is 5.10 Å². The van der Waals surface area contributed by atoms with Gasteiger partial charge in [0.2, 0.25) is 5.91 Å². The molecule has 106 valence electrons. The first kappa shape index (κ1) is 14.1. The third-order valence-electron chi connectivity index (χ3n) is 3.06. The Labute approximate surface area is 117 Å². The SMILES string of the molecule is CC(CCN)C(=O)Nc1cccc(-c2nnnn2C)c1. The molecule has 0 fully saturated rings. The molecule has 20 heavy (non-hydrogen) atoms. The van der Waals surface area contributed by atoms with Gasteiger partial charge in [-0.2, -0.15) is 0 Å². The molecule has 3 N–H and O–H groups in total. The van der Waals surface area contributed by atoms with Crippen molar-refractivity contribution in [3.05, 3.63) is 24.3 Å². The normalized spacial score (nSPS) is 12.2. The number of aromatic nitrogens is 4. The van der Waals surface area contributed by atoms with E-state index in [0.29, 0.717) is 18.8 Å². The van der Waals surface area contributed by atoms with Crippen LogP contribution >= 0.6 is 0 Å². The third kappa shape index (κ3) is 3.18. The smallest absolute Gasteiger partial charge is 0.227 e. The Bertz CT molecular complexity index is 594. The number of hydrogen-bond acceptors (Lipinski definition) is 5. The Kier molecular flexibility index (Phi) is 4.41. The van der Waals surface area contributed by atoms with Gasteiger partial charge in [0.25, 0.3) is 0 Å². The first-order valence-electron chi connectivity index (χ1n) is 6.45. The van der Waals surface area contributed by atoms with Crippen LogP contribution in [0.3, 0.4) is 0 Å². The van der Waals surface area contributed by atoms with Crippen molar-refractivity contribution in [3.8, 4) is 11.4 Å². The molecule has 0 bridgehead atoms. The minimum atomic E-state index is -0.111. The number of carbonyl (C=O) groups excluding carboxylic acids is 1. The zero-order chi connectivity index (χ0) is 14.5. The highest BCUT2D eigenvalue weighted by Crippen LogP contribution is 2.20. The van der Waals surface area contributed by atoms with Crippen molar-refractivity contribution in [2.24, 2.45) is 18.7 Å². The molecular formula is C13H18N6O. The van der Waals surface area contributed by atoms with Gasteiger partial charge in [0.1, 0.15) is 0 Å². The van der Waals surface area contributed by atoms with E-state index in [9.17, 15) is 4.79 Å². The minimum Gasteiger partial charge on any atom is -0.330 e. The minimum absolute atomic E-state index is 0.0382. The predicted octanol–water partition coefficient (Wildman–Crippen LogP) is 0.800. The van der Waals surface area contributed by atoms with Crippen LogP contribution in [0.15, 0.2) is 24.3 Å². The lowest BCUT2D eigenvalue weighted by Crippen LogP contribution is -2.22. The van der Waals surface area contributed by atoms with Crippen molar-refractivity contribution in [1.82, 2.24) is 20.2 Å². The Morgan fingerprint density at radius 2 is 2.30 bits per heavy atom. The molecule has 1 amide bonds. The molecular weight excluding hydrogens is 256 g/mol. The van der Waals surface area contributed by atoms with Crippen LogP contribution in [0.4, 0.5) is 5.69 Å². The van der Waals surface area contributed by atoms with E-state index in [0.717, 1.165) is 11.3 Å². The van der Waals surface area contributed by atoms with Crippen LogP contribution in [0.2, 0.25) is 0 Å². The van der Waals surface area contributed by atoms with Crippen molar-refractivity contribution >= 4 is 11.6 Å². The average molecular weight is 274 g/mol. The Balaban J connectivity index is 2.15. The number of nitrogens with one attached hydrogen (secondary N) is 1. The Hall–Kier alpha value is -2.28. The molecule has 1 unspecified atom stereocenters. The maximum Gasteiger partial charge on any atom is 0.227 e. The summed E-state index contributed by atoms with van der Waals surface area (Å²) < 4.78 is 1.58. The second kappa shape index (κ2) is 6.25. The quantitative estimate of drug-likeness (QED) is 0.840. The molecule has 1 atom stereocenters. The molecule has 0 aliphatic rings. The van der Waals surface area contributed by atoms with Crippen LogP contribution in [-0.4, -0.2) is 32.7 Å². The number of anilines is 1. The molecule has 1 aromatic heterocycles. The van der Waals surface area contributed by atoms with E-state index in [1.165, 1.54) is 0 Å². The van der Waals surface area contributed by atoms with Crippen LogP contribution < -0.4 is 11.1 Å². The topological polar surface area (TPSA) is 98.7 Å². The fourth-order valence-electron chi connectivity index (χ4n) is 1.86. The molecule has 0 saturated carbocycles. The zero-order valence-corrected chi connectivity index (χ0v) is 11.6. The molecule has 1 aromatic carbocycles. The summed E-state index contributed by atoms with van der Waals surface area (Å²) in [4.78, 5) is 12.0. The summed E-state index contributed by atoms with van der Waals surface area (Å²) in [5.41, 5.74) is 7.03. The van der Waals surface area contributed by atoms with E-state index in [1.54, 1.807) is 11.7 Å². The second-order valence-corrected chi connectivity index (χ2v) is 4.67. The molecule has 0 aliphatic heterocycles. The molecule has 0 saturated heterocycles. The van der Waals surface area contributed by atoms with E-state index >= 15 is 0 Å². The van der Waals surface area contributed by atoms with Crippen molar-refractivity contribution in [1.29, 1.82) is 0 Å². The fraction of sp³-hybridized carbons (Fsp3) is 0.385. The fourth-order valence-corrected chi connectivity index (χ4v) is 1.86. The predicted molar refractivity (Wildman–Crippen MR) is 75.7 cm³/mol. The highest BCUT2D eigenvalue weighted by Gasteiger charge is 2.13. The molecule has 2 rings (SSSR count). The molecule has 2 aromatic rings.